The summed E-state index contributed by atoms with van der Waals surface area (Å²) in [5.41, 5.74) is 7.64. The third-order valence-electron chi connectivity index (χ3n) is 2.50. The number of benzene rings is 1. The summed E-state index contributed by atoms with van der Waals surface area (Å²) in [7, 11) is 0. The average Bonchev–Trinajstić information content (AvgIpc) is 2.29. The van der Waals surface area contributed by atoms with Crippen molar-refractivity contribution in [3.63, 3.8) is 0 Å². The normalized spacial score (nSPS) is 10.6. The topological polar surface area (TPSA) is 58.7 Å². The number of rotatable bonds is 6. The smallest absolute Gasteiger partial charge is 0.144 e. The van der Waals surface area contributed by atoms with E-state index in [-0.39, 0.29) is 12.7 Å². The van der Waals surface area contributed by atoms with Crippen molar-refractivity contribution in [2.75, 3.05) is 30.3 Å². The molecule has 0 saturated carbocycles. The van der Waals surface area contributed by atoms with E-state index >= 15 is 0 Å². The highest BCUT2D eigenvalue weighted by Gasteiger charge is 2.12. The SMILES string of the molecule is CCN(CCO)c1cccc(OC(C)C)c1N. The van der Waals surface area contributed by atoms with Crippen LogP contribution in [0.3, 0.4) is 0 Å². The predicted molar refractivity (Wildman–Crippen MR) is 71.6 cm³/mol. The van der Waals surface area contributed by atoms with E-state index in [1.54, 1.807) is 0 Å². The van der Waals surface area contributed by atoms with Crippen LogP contribution < -0.4 is 15.4 Å². The first-order valence-electron chi connectivity index (χ1n) is 6.01. The van der Waals surface area contributed by atoms with Crippen LogP contribution >= 0.6 is 0 Å². The Kier molecular flexibility index (Phi) is 5.10. The van der Waals surface area contributed by atoms with Crippen molar-refractivity contribution >= 4 is 11.4 Å². The van der Waals surface area contributed by atoms with Gasteiger partial charge >= 0.3 is 0 Å². The number of ether oxygens (including phenoxy) is 1. The zero-order chi connectivity index (χ0) is 12.8. The molecule has 17 heavy (non-hydrogen) atoms. The minimum Gasteiger partial charge on any atom is -0.489 e. The van der Waals surface area contributed by atoms with Gasteiger partial charge in [-0.2, -0.15) is 0 Å². The van der Waals surface area contributed by atoms with Crippen molar-refractivity contribution < 1.29 is 9.84 Å². The highest BCUT2D eigenvalue weighted by molar-refractivity contribution is 5.74. The number of hydrogen-bond acceptors (Lipinski definition) is 4. The Hall–Kier alpha value is -1.42. The van der Waals surface area contributed by atoms with Crippen LogP contribution in [0.1, 0.15) is 20.8 Å². The molecule has 0 amide bonds. The van der Waals surface area contributed by atoms with Crippen LogP contribution in [0.4, 0.5) is 11.4 Å². The molecule has 0 atom stereocenters. The maximum absolute atomic E-state index is 9.02. The Morgan fingerprint density at radius 3 is 2.65 bits per heavy atom. The summed E-state index contributed by atoms with van der Waals surface area (Å²) in [5, 5.41) is 9.02. The van der Waals surface area contributed by atoms with Gasteiger partial charge in [-0.25, -0.2) is 0 Å². The van der Waals surface area contributed by atoms with Crippen LogP contribution in [0.5, 0.6) is 5.75 Å². The molecule has 0 unspecified atom stereocenters. The number of anilines is 2. The summed E-state index contributed by atoms with van der Waals surface area (Å²) < 4.78 is 5.64. The minimum atomic E-state index is 0.0977. The molecule has 0 aromatic heterocycles. The van der Waals surface area contributed by atoms with Gasteiger partial charge in [-0.3, -0.25) is 0 Å². The van der Waals surface area contributed by atoms with E-state index in [0.29, 0.717) is 18.0 Å². The first-order chi connectivity index (χ1) is 8.10. The summed E-state index contributed by atoms with van der Waals surface area (Å²) in [6, 6.07) is 5.73. The Bertz CT molecular complexity index is 353. The van der Waals surface area contributed by atoms with E-state index in [1.807, 2.05) is 43.9 Å². The van der Waals surface area contributed by atoms with Gasteiger partial charge in [-0.05, 0) is 32.9 Å². The zero-order valence-corrected chi connectivity index (χ0v) is 10.8. The lowest BCUT2D eigenvalue weighted by atomic mass is 10.2. The average molecular weight is 238 g/mol. The number of aliphatic hydroxyl groups excluding tert-OH is 1. The molecule has 96 valence electrons. The number of nitrogens with two attached hydrogens (primary N) is 1. The van der Waals surface area contributed by atoms with Gasteiger partial charge in [-0.15, -0.1) is 0 Å². The van der Waals surface area contributed by atoms with Crippen molar-refractivity contribution in [3.05, 3.63) is 18.2 Å². The fourth-order valence-electron chi connectivity index (χ4n) is 1.73. The Morgan fingerprint density at radius 2 is 2.12 bits per heavy atom. The van der Waals surface area contributed by atoms with E-state index in [0.717, 1.165) is 12.2 Å². The Morgan fingerprint density at radius 1 is 1.41 bits per heavy atom. The first-order valence-corrected chi connectivity index (χ1v) is 6.01. The first kappa shape index (κ1) is 13.6. The van der Waals surface area contributed by atoms with Gasteiger partial charge in [0.15, 0.2) is 0 Å². The summed E-state index contributed by atoms with van der Waals surface area (Å²) in [4.78, 5) is 2.03. The summed E-state index contributed by atoms with van der Waals surface area (Å²) >= 11 is 0. The van der Waals surface area contributed by atoms with E-state index in [9.17, 15) is 0 Å². The largest absolute Gasteiger partial charge is 0.489 e. The van der Waals surface area contributed by atoms with E-state index in [4.69, 9.17) is 15.6 Å². The molecular weight excluding hydrogens is 216 g/mol. The fourth-order valence-corrected chi connectivity index (χ4v) is 1.73. The van der Waals surface area contributed by atoms with Gasteiger partial charge in [0.2, 0.25) is 0 Å². The molecule has 1 aromatic rings. The van der Waals surface area contributed by atoms with Crippen molar-refractivity contribution in [1.82, 2.24) is 0 Å². The standard InChI is InChI=1S/C13H22N2O2/c1-4-15(8-9-16)11-6-5-7-12(13(11)14)17-10(2)3/h5-7,10,16H,4,8-9,14H2,1-3H3. The maximum Gasteiger partial charge on any atom is 0.144 e. The van der Waals surface area contributed by atoms with E-state index < -0.39 is 0 Å². The van der Waals surface area contributed by atoms with Crippen molar-refractivity contribution in [2.24, 2.45) is 0 Å². The molecule has 4 nitrogen and oxygen atoms in total. The van der Waals surface area contributed by atoms with E-state index in [2.05, 4.69) is 0 Å². The van der Waals surface area contributed by atoms with Crippen LogP contribution in [0.2, 0.25) is 0 Å². The second-order valence-corrected chi connectivity index (χ2v) is 4.16. The van der Waals surface area contributed by atoms with Crippen LogP contribution in [-0.2, 0) is 0 Å². The highest BCUT2D eigenvalue weighted by Crippen LogP contribution is 2.32. The van der Waals surface area contributed by atoms with Crippen molar-refractivity contribution in [2.45, 2.75) is 26.9 Å². The summed E-state index contributed by atoms with van der Waals surface area (Å²) in [5.74, 6) is 0.703. The lowest BCUT2D eigenvalue weighted by Gasteiger charge is -2.25. The van der Waals surface area contributed by atoms with Crippen LogP contribution in [0, 0.1) is 0 Å². The number of aliphatic hydroxyl groups is 1. The Balaban J connectivity index is 2.99. The van der Waals surface area contributed by atoms with Crippen molar-refractivity contribution in [3.8, 4) is 5.75 Å². The molecular formula is C13H22N2O2. The molecule has 0 radical (unpaired) electrons. The second-order valence-electron chi connectivity index (χ2n) is 4.16. The van der Waals surface area contributed by atoms with Gasteiger partial charge in [0.05, 0.1) is 24.1 Å². The lowest BCUT2D eigenvalue weighted by Crippen LogP contribution is -2.27. The highest BCUT2D eigenvalue weighted by atomic mass is 16.5. The summed E-state index contributed by atoms with van der Waals surface area (Å²) in [6.07, 6.45) is 0.0977. The number of hydrogen-bond donors (Lipinski definition) is 2. The van der Waals surface area contributed by atoms with Gasteiger partial charge in [-0.1, -0.05) is 6.07 Å². The number of likely N-dealkylation sites (N-methyl/N-ethyl adjacent to an activating group) is 1. The molecule has 0 aliphatic heterocycles. The van der Waals surface area contributed by atoms with Crippen LogP contribution in [0.25, 0.3) is 0 Å². The summed E-state index contributed by atoms with van der Waals surface area (Å²) in [6.45, 7) is 7.46. The molecule has 0 aliphatic rings. The lowest BCUT2D eigenvalue weighted by molar-refractivity contribution is 0.244. The number of nitrogens with zero attached hydrogens (tertiary/aromatic N) is 1. The van der Waals surface area contributed by atoms with Gasteiger partial charge in [0.1, 0.15) is 5.75 Å². The minimum absolute atomic E-state index is 0.0977. The molecule has 3 N–H and O–H groups in total. The monoisotopic (exact) mass is 238 g/mol. The molecule has 1 aromatic carbocycles. The molecule has 0 heterocycles. The zero-order valence-electron chi connectivity index (χ0n) is 10.8. The maximum atomic E-state index is 9.02. The third-order valence-corrected chi connectivity index (χ3v) is 2.50. The number of nitrogen functional groups attached to an aromatic ring is 1. The van der Waals surface area contributed by atoms with Gasteiger partial charge < -0.3 is 20.5 Å². The fraction of sp³-hybridized carbons (Fsp3) is 0.538. The molecule has 1 rings (SSSR count). The van der Waals surface area contributed by atoms with E-state index in [1.165, 1.54) is 0 Å². The molecule has 0 spiro atoms. The number of para-hydroxylation sites is 1. The Labute approximate surface area is 103 Å². The van der Waals surface area contributed by atoms with Crippen molar-refractivity contribution in [1.29, 1.82) is 0 Å². The van der Waals surface area contributed by atoms with Crippen LogP contribution in [-0.4, -0.2) is 30.9 Å². The molecule has 0 aliphatic carbocycles. The predicted octanol–water partition coefficient (Wildman–Crippen LogP) is 1.87. The molecule has 0 fully saturated rings. The second kappa shape index (κ2) is 6.35. The van der Waals surface area contributed by atoms with Gasteiger partial charge in [0.25, 0.3) is 0 Å². The quantitative estimate of drug-likeness (QED) is 0.743. The molecule has 0 saturated heterocycles. The van der Waals surface area contributed by atoms with Crippen LogP contribution in [0.15, 0.2) is 18.2 Å². The molecule has 4 heteroatoms. The van der Waals surface area contributed by atoms with Gasteiger partial charge in [0, 0.05) is 13.1 Å². The third kappa shape index (κ3) is 3.53. The molecule has 0 bridgehead atoms.